The van der Waals surface area contributed by atoms with Crippen molar-refractivity contribution >= 4 is 17.8 Å². The highest BCUT2D eigenvalue weighted by Gasteiger charge is 2.33. The number of amides is 2. The molecule has 7 nitrogen and oxygen atoms in total. The number of nitrogens with zero attached hydrogens (tertiary/aromatic N) is 1. The summed E-state index contributed by atoms with van der Waals surface area (Å²) in [5, 5.41) is 19.8. The standard InChI is InChI=1S/C10H16N2O5/c1-12-5-6(4-8(12)14)9(15)11-7(2-3-13)10(16)17/h6-7,13H,2-5H2,1H3,(H,11,15)(H,16,17)/t6?,7-/m1/s1. The van der Waals surface area contributed by atoms with Crippen LogP contribution in [0.1, 0.15) is 12.8 Å². The lowest BCUT2D eigenvalue weighted by atomic mass is 10.1. The summed E-state index contributed by atoms with van der Waals surface area (Å²) >= 11 is 0. The topological polar surface area (TPSA) is 107 Å². The van der Waals surface area contributed by atoms with Crippen LogP contribution in [0.3, 0.4) is 0 Å². The predicted molar refractivity (Wildman–Crippen MR) is 57.0 cm³/mol. The third kappa shape index (κ3) is 3.42. The van der Waals surface area contributed by atoms with Crippen LogP contribution >= 0.6 is 0 Å². The zero-order valence-corrected chi connectivity index (χ0v) is 9.55. The van der Waals surface area contributed by atoms with Crippen LogP contribution in [-0.4, -0.2) is 59.1 Å². The summed E-state index contributed by atoms with van der Waals surface area (Å²) in [4.78, 5) is 35.1. The van der Waals surface area contributed by atoms with Crippen LogP contribution in [0.5, 0.6) is 0 Å². The first-order chi connectivity index (χ1) is 7.95. The fraction of sp³-hybridized carbons (Fsp3) is 0.700. The fourth-order valence-electron chi connectivity index (χ4n) is 1.72. The number of hydrogen-bond donors (Lipinski definition) is 3. The minimum Gasteiger partial charge on any atom is -0.480 e. The van der Waals surface area contributed by atoms with Crippen molar-refractivity contribution in [3.8, 4) is 0 Å². The van der Waals surface area contributed by atoms with Crippen molar-refractivity contribution in [2.24, 2.45) is 5.92 Å². The Morgan fingerprint density at radius 1 is 1.59 bits per heavy atom. The number of carbonyl (C=O) groups excluding carboxylic acids is 2. The molecule has 96 valence electrons. The Morgan fingerprint density at radius 3 is 2.65 bits per heavy atom. The number of carboxylic acids is 1. The fourth-order valence-corrected chi connectivity index (χ4v) is 1.72. The van der Waals surface area contributed by atoms with Crippen LogP contribution in [0.25, 0.3) is 0 Å². The van der Waals surface area contributed by atoms with E-state index in [-0.39, 0.29) is 25.4 Å². The van der Waals surface area contributed by atoms with E-state index in [1.807, 2.05) is 0 Å². The second-order valence-electron chi connectivity index (χ2n) is 4.09. The molecule has 0 saturated carbocycles. The molecule has 1 unspecified atom stereocenters. The summed E-state index contributed by atoms with van der Waals surface area (Å²) in [5.41, 5.74) is 0. The Hall–Kier alpha value is -1.63. The Balaban J connectivity index is 2.53. The summed E-state index contributed by atoms with van der Waals surface area (Å²) in [6.45, 7) is -0.0170. The molecule has 1 saturated heterocycles. The normalized spacial score (nSPS) is 21.4. The Morgan fingerprint density at radius 2 is 2.24 bits per heavy atom. The average molecular weight is 244 g/mol. The Labute approximate surface area is 98.4 Å². The van der Waals surface area contributed by atoms with Gasteiger partial charge in [-0.05, 0) is 0 Å². The summed E-state index contributed by atoms with van der Waals surface area (Å²) < 4.78 is 0. The zero-order valence-electron chi connectivity index (χ0n) is 9.55. The molecule has 2 atom stereocenters. The smallest absolute Gasteiger partial charge is 0.326 e. The molecule has 0 radical (unpaired) electrons. The van der Waals surface area contributed by atoms with Gasteiger partial charge in [-0.3, -0.25) is 9.59 Å². The second-order valence-corrected chi connectivity index (χ2v) is 4.09. The second kappa shape index (κ2) is 5.62. The van der Waals surface area contributed by atoms with E-state index in [0.717, 1.165) is 0 Å². The van der Waals surface area contributed by atoms with Crippen molar-refractivity contribution in [1.29, 1.82) is 0 Å². The van der Waals surface area contributed by atoms with Crippen molar-refractivity contribution in [1.82, 2.24) is 10.2 Å². The maximum atomic E-state index is 11.7. The zero-order chi connectivity index (χ0) is 13.0. The Bertz CT molecular complexity index is 331. The van der Waals surface area contributed by atoms with Gasteiger partial charge >= 0.3 is 5.97 Å². The minimum atomic E-state index is -1.19. The molecular formula is C10H16N2O5. The van der Waals surface area contributed by atoms with Crippen molar-refractivity contribution in [2.75, 3.05) is 20.2 Å². The SMILES string of the molecule is CN1CC(C(=O)N[C@H](CCO)C(=O)O)CC1=O. The van der Waals surface area contributed by atoms with E-state index in [1.54, 1.807) is 7.05 Å². The maximum absolute atomic E-state index is 11.7. The van der Waals surface area contributed by atoms with Crippen LogP contribution in [0, 0.1) is 5.92 Å². The average Bonchev–Trinajstić information content (AvgIpc) is 2.58. The number of nitrogens with one attached hydrogen (secondary N) is 1. The molecular weight excluding hydrogens is 228 g/mol. The molecule has 1 aliphatic heterocycles. The van der Waals surface area contributed by atoms with E-state index in [4.69, 9.17) is 10.2 Å². The van der Waals surface area contributed by atoms with Crippen LogP contribution in [0.15, 0.2) is 0 Å². The van der Waals surface area contributed by atoms with Gasteiger partial charge in [0.25, 0.3) is 0 Å². The van der Waals surface area contributed by atoms with E-state index in [0.29, 0.717) is 6.54 Å². The number of aliphatic hydroxyl groups excluding tert-OH is 1. The summed E-state index contributed by atoms with van der Waals surface area (Å²) in [5.74, 6) is -2.28. The number of aliphatic hydroxyl groups is 1. The summed E-state index contributed by atoms with van der Waals surface area (Å²) in [6, 6.07) is -1.10. The van der Waals surface area contributed by atoms with Gasteiger partial charge in [-0.15, -0.1) is 0 Å². The third-order valence-corrected chi connectivity index (χ3v) is 2.74. The van der Waals surface area contributed by atoms with Crippen LogP contribution in [0.4, 0.5) is 0 Å². The first kappa shape index (κ1) is 13.4. The first-order valence-corrected chi connectivity index (χ1v) is 5.33. The third-order valence-electron chi connectivity index (χ3n) is 2.74. The highest BCUT2D eigenvalue weighted by Crippen LogP contribution is 2.16. The molecule has 0 spiro atoms. The van der Waals surface area contributed by atoms with Gasteiger partial charge in [0, 0.05) is 33.0 Å². The first-order valence-electron chi connectivity index (χ1n) is 5.33. The summed E-state index contributed by atoms with van der Waals surface area (Å²) in [7, 11) is 1.60. The lowest BCUT2D eigenvalue weighted by Crippen LogP contribution is -2.44. The molecule has 0 aromatic carbocycles. The number of carbonyl (C=O) groups is 3. The maximum Gasteiger partial charge on any atom is 0.326 e. The van der Waals surface area contributed by atoms with Gasteiger partial charge in [-0.25, -0.2) is 4.79 Å². The van der Waals surface area contributed by atoms with E-state index >= 15 is 0 Å². The van der Waals surface area contributed by atoms with Gasteiger partial charge in [0.2, 0.25) is 11.8 Å². The molecule has 1 fully saturated rings. The lowest BCUT2D eigenvalue weighted by molar-refractivity contribution is -0.142. The van der Waals surface area contributed by atoms with Gasteiger partial charge in [0.05, 0.1) is 5.92 Å². The monoisotopic (exact) mass is 244 g/mol. The van der Waals surface area contributed by atoms with Crippen molar-refractivity contribution in [2.45, 2.75) is 18.9 Å². The van der Waals surface area contributed by atoms with Crippen molar-refractivity contribution in [3.05, 3.63) is 0 Å². The lowest BCUT2D eigenvalue weighted by Gasteiger charge is -2.16. The Kier molecular flexibility index (Phi) is 4.45. The van der Waals surface area contributed by atoms with Crippen LogP contribution < -0.4 is 5.32 Å². The number of aliphatic carboxylic acids is 1. The minimum absolute atomic E-state index is 0.0441. The van der Waals surface area contributed by atoms with Crippen LogP contribution in [-0.2, 0) is 14.4 Å². The molecule has 2 amide bonds. The largest absolute Gasteiger partial charge is 0.480 e. The highest BCUT2D eigenvalue weighted by molar-refractivity contribution is 5.91. The molecule has 17 heavy (non-hydrogen) atoms. The van der Waals surface area contributed by atoms with Gasteiger partial charge in [0.1, 0.15) is 6.04 Å². The molecule has 1 heterocycles. The van der Waals surface area contributed by atoms with Gasteiger partial charge in [-0.1, -0.05) is 0 Å². The molecule has 1 rings (SSSR count). The molecule has 0 aromatic heterocycles. The predicted octanol–water partition coefficient (Wildman–Crippen LogP) is -1.58. The van der Waals surface area contributed by atoms with E-state index in [1.165, 1.54) is 4.90 Å². The molecule has 0 aromatic rings. The van der Waals surface area contributed by atoms with Crippen molar-refractivity contribution in [3.63, 3.8) is 0 Å². The molecule has 0 bridgehead atoms. The number of hydrogen-bond acceptors (Lipinski definition) is 4. The van der Waals surface area contributed by atoms with E-state index < -0.39 is 23.8 Å². The van der Waals surface area contributed by atoms with E-state index in [2.05, 4.69) is 5.32 Å². The van der Waals surface area contributed by atoms with Gasteiger partial charge in [0.15, 0.2) is 0 Å². The summed E-state index contributed by atoms with van der Waals surface area (Å²) in [6.07, 6.45) is 0.0609. The number of carboxylic acid groups (broad SMARTS) is 1. The van der Waals surface area contributed by atoms with Crippen molar-refractivity contribution < 1.29 is 24.6 Å². The van der Waals surface area contributed by atoms with Gasteiger partial charge < -0.3 is 20.4 Å². The number of rotatable bonds is 5. The van der Waals surface area contributed by atoms with E-state index in [9.17, 15) is 14.4 Å². The molecule has 3 N–H and O–H groups in total. The van der Waals surface area contributed by atoms with Crippen LogP contribution in [0.2, 0.25) is 0 Å². The molecule has 7 heteroatoms. The number of likely N-dealkylation sites (tertiary alicyclic amines) is 1. The highest BCUT2D eigenvalue weighted by atomic mass is 16.4. The molecule has 1 aliphatic rings. The molecule has 0 aliphatic carbocycles. The quantitative estimate of drug-likeness (QED) is 0.541. The van der Waals surface area contributed by atoms with Gasteiger partial charge in [-0.2, -0.15) is 0 Å².